The van der Waals surface area contributed by atoms with Crippen LogP contribution in [0.1, 0.15) is 12.8 Å². The van der Waals surface area contributed by atoms with Crippen molar-refractivity contribution in [2.45, 2.75) is 25.4 Å². The number of urea groups is 1. The van der Waals surface area contributed by atoms with Crippen LogP contribution >= 0.6 is 0 Å². The molecule has 1 fully saturated rings. The molecule has 0 unspecified atom stereocenters. The minimum Gasteiger partial charge on any atom is -0.468 e. The first-order chi connectivity index (χ1) is 8.17. The molecule has 0 aromatic carbocycles. The molecule has 1 aliphatic carbocycles. The Labute approximate surface area is 98.1 Å². The summed E-state index contributed by atoms with van der Waals surface area (Å²) in [5, 5.41) is 9.35. The van der Waals surface area contributed by atoms with E-state index in [1.165, 1.54) is 18.0 Å². The molecule has 17 heavy (non-hydrogen) atoms. The first kappa shape index (κ1) is 11.4. The van der Waals surface area contributed by atoms with E-state index in [0.717, 1.165) is 12.8 Å². The zero-order valence-corrected chi connectivity index (χ0v) is 9.47. The summed E-state index contributed by atoms with van der Waals surface area (Å²) in [5.74, 6) is -0.387. The van der Waals surface area contributed by atoms with Crippen molar-refractivity contribution in [2.75, 3.05) is 12.4 Å². The Kier molecular flexibility index (Phi) is 3.27. The number of amides is 2. The number of nitrogens with one attached hydrogen (secondary N) is 2. The lowest BCUT2D eigenvalue weighted by Crippen LogP contribution is -2.30. The molecule has 0 spiro atoms. The van der Waals surface area contributed by atoms with Gasteiger partial charge in [-0.25, -0.2) is 4.79 Å². The second-order valence-corrected chi connectivity index (χ2v) is 3.88. The minimum atomic E-state index is -0.387. The molecule has 2 rings (SSSR count). The number of carbonyl (C=O) groups excluding carboxylic acids is 2. The molecular weight excluding hydrogens is 224 g/mol. The number of anilines is 1. The molecular formula is C10H14N4O3. The highest BCUT2D eigenvalue weighted by Gasteiger charge is 2.23. The number of ether oxygens (including phenoxy) is 1. The Morgan fingerprint density at radius 1 is 1.59 bits per heavy atom. The van der Waals surface area contributed by atoms with Gasteiger partial charge in [0.05, 0.1) is 19.0 Å². The number of esters is 1. The van der Waals surface area contributed by atoms with E-state index >= 15 is 0 Å². The first-order valence-electron chi connectivity index (χ1n) is 5.34. The highest BCUT2D eigenvalue weighted by molar-refractivity contribution is 5.89. The number of rotatable bonds is 4. The third-order valence-electron chi connectivity index (χ3n) is 2.32. The van der Waals surface area contributed by atoms with Crippen LogP contribution in [-0.2, 0) is 16.1 Å². The smallest absolute Gasteiger partial charge is 0.327 e. The third-order valence-corrected chi connectivity index (χ3v) is 2.32. The molecule has 92 valence electrons. The van der Waals surface area contributed by atoms with Gasteiger partial charge in [-0.15, -0.1) is 0 Å². The largest absolute Gasteiger partial charge is 0.468 e. The van der Waals surface area contributed by atoms with Gasteiger partial charge >= 0.3 is 12.0 Å². The predicted molar refractivity (Wildman–Crippen MR) is 59.4 cm³/mol. The predicted octanol–water partition coefficient (Wildman–Crippen LogP) is 0.340. The molecule has 0 aliphatic heterocycles. The van der Waals surface area contributed by atoms with Crippen molar-refractivity contribution in [3.05, 3.63) is 12.4 Å². The SMILES string of the molecule is COC(=O)Cn1cc(NC(=O)NC2CC2)cn1. The Bertz CT molecular complexity index is 425. The molecule has 2 N–H and O–H groups in total. The van der Waals surface area contributed by atoms with Gasteiger partial charge < -0.3 is 15.4 Å². The topological polar surface area (TPSA) is 85.2 Å². The van der Waals surface area contributed by atoms with E-state index in [2.05, 4.69) is 20.5 Å². The molecule has 2 amide bonds. The summed E-state index contributed by atoms with van der Waals surface area (Å²) >= 11 is 0. The van der Waals surface area contributed by atoms with Crippen molar-refractivity contribution in [1.82, 2.24) is 15.1 Å². The molecule has 0 radical (unpaired) electrons. The second-order valence-electron chi connectivity index (χ2n) is 3.88. The number of aromatic nitrogens is 2. The maximum Gasteiger partial charge on any atom is 0.327 e. The van der Waals surface area contributed by atoms with Crippen LogP contribution in [0.2, 0.25) is 0 Å². The van der Waals surface area contributed by atoms with Crippen LogP contribution in [0.4, 0.5) is 10.5 Å². The van der Waals surface area contributed by atoms with E-state index in [0.29, 0.717) is 11.7 Å². The van der Waals surface area contributed by atoms with Crippen LogP contribution in [0.25, 0.3) is 0 Å². The highest BCUT2D eigenvalue weighted by atomic mass is 16.5. The Hall–Kier alpha value is -2.05. The zero-order valence-electron chi connectivity index (χ0n) is 9.47. The summed E-state index contributed by atoms with van der Waals surface area (Å²) in [5.41, 5.74) is 0.548. The average Bonchev–Trinajstić information content (AvgIpc) is 2.99. The zero-order chi connectivity index (χ0) is 12.3. The van der Waals surface area contributed by atoms with Gasteiger partial charge in [-0.05, 0) is 12.8 Å². The van der Waals surface area contributed by atoms with Gasteiger partial charge in [-0.3, -0.25) is 9.48 Å². The van der Waals surface area contributed by atoms with E-state index in [1.807, 2.05) is 0 Å². The maximum atomic E-state index is 11.4. The van der Waals surface area contributed by atoms with E-state index in [-0.39, 0.29) is 18.5 Å². The number of nitrogens with zero attached hydrogens (tertiary/aromatic N) is 2. The normalized spacial score (nSPS) is 14.2. The van der Waals surface area contributed by atoms with Crippen LogP contribution < -0.4 is 10.6 Å². The maximum absolute atomic E-state index is 11.4. The Morgan fingerprint density at radius 2 is 2.35 bits per heavy atom. The molecule has 1 aromatic heterocycles. The number of hydrogen-bond donors (Lipinski definition) is 2. The van der Waals surface area contributed by atoms with Gasteiger partial charge in [0.15, 0.2) is 0 Å². The van der Waals surface area contributed by atoms with Crippen LogP contribution in [0.3, 0.4) is 0 Å². The fourth-order valence-corrected chi connectivity index (χ4v) is 1.29. The van der Waals surface area contributed by atoms with Crippen molar-refractivity contribution < 1.29 is 14.3 Å². The Balaban J connectivity index is 1.84. The van der Waals surface area contributed by atoms with Gasteiger partial charge in [0.1, 0.15) is 6.54 Å². The molecule has 1 aromatic rings. The van der Waals surface area contributed by atoms with Crippen molar-refractivity contribution in [2.24, 2.45) is 0 Å². The fourth-order valence-electron chi connectivity index (χ4n) is 1.29. The summed E-state index contributed by atoms with van der Waals surface area (Å²) in [6.07, 6.45) is 5.13. The van der Waals surface area contributed by atoms with Gasteiger partial charge in [0, 0.05) is 12.2 Å². The van der Waals surface area contributed by atoms with Crippen molar-refractivity contribution in [3.8, 4) is 0 Å². The van der Waals surface area contributed by atoms with Gasteiger partial charge in [-0.2, -0.15) is 5.10 Å². The Morgan fingerprint density at radius 3 is 3.00 bits per heavy atom. The van der Waals surface area contributed by atoms with E-state index in [1.54, 1.807) is 6.20 Å². The van der Waals surface area contributed by atoms with Crippen molar-refractivity contribution in [1.29, 1.82) is 0 Å². The quantitative estimate of drug-likeness (QED) is 0.741. The number of hydrogen-bond acceptors (Lipinski definition) is 4. The summed E-state index contributed by atoms with van der Waals surface area (Å²) in [7, 11) is 1.31. The number of carbonyl (C=O) groups is 2. The summed E-state index contributed by atoms with van der Waals surface area (Å²) in [6, 6.07) is 0.0604. The molecule has 1 heterocycles. The summed E-state index contributed by atoms with van der Waals surface area (Å²) < 4.78 is 5.91. The number of methoxy groups -OCH3 is 1. The van der Waals surface area contributed by atoms with Crippen LogP contribution in [0, 0.1) is 0 Å². The first-order valence-corrected chi connectivity index (χ1v) is 5.34. The van der Waals surface area contributed by atoms with E-state index < -0.39 is 0 Å². The lowest BCUT2D eigenvalue weighted by Gasteiger charge is -2.03. The van der Waals surface area contributed by atoms with Crippen LogP contribution in [-0.4, -0.2) is 34.9 Å². The fraction of sp³-hybridized carbons (Fsp3) is 0.500. The third kappa shape index (κ3) is 3.47. The molecule has 1 aliphatic rings. The standard InChI is InChI=1S/C10H14N4O3/c1-17-9(15)6-14-5-8(4-11-14)13-10(16)12-7-2-3-7/h4-5,7H,2-3,6H2,1H3,(H2,12,13,16). The van der Waals surface area contributed by atoms with Gasteiger partial charge in [-0.1, -0.05) is 0 Å². The molecule has 7 nitrogen and oxygen atoms in total. The monoisotopic (exact) mass is 238 g/mol. The van der Waals surface area contributed by atoms with Gasteiger partial charge in [0.2, 0.25) is 0 Å². The van der Waals surface area contributed by atoms with Gasteiger partial charge in [0.25, 0.3) is 0 Å². The second kappa shape index (κ2) is 4.86. The summed E-state index contributed by atoms with van der Waals surface area (Å²) in [4.78, 5) is 22.4. The molecule has 0 atom stereocenters. The van der Waals surface area contributed by atoms with Crippen molar-refractivity contribution in [3.63, 3.8) is 0 Å². The lowest BCUT2D eigenvalue weighted by molar-refractivity contribution is -0.141. The van der Waals surface area contributed by atoms with E-state index in [4.69, 9.17) is 0 Å². The molecule has 0 saturated heterocycles. The minimum absolute atomic E-state index is 0.0302. The average molecular weight is 238 g/mol. The van der Waals surface area contributed by atoms with Crippen molar-refractivity contribution >= 4 is 17.7 Å². The van der Waals surface area contributed by atoms with Crippen LogP contribution in [0.5, 0.6) is 0 Å². The lowest BCUT2D eigenvalue weighted by atomic mass is 10.5. The van der Waals surface area contributed by atoms with Crippen LogP contribution in [0.15, 0.2) is 12.4 Å². The molecule has 1 saturated carbocycles. The molecule has 0 bridgehead atoms. The summed E-state index contributed by atoms with van der Waals surface area (Å²) in [6.45, 7) is 0.0302. The molecule has 7 heteroatoms. The highest BCUT2D eigenvalue weighted by Crippen LogP contribution is 2.18. The van der Waals surface area contributed by atoms with E-state index in [9.17, 15) is 9.59 Å².